The molecule has 0 heterocycles. The number of halogens is 2. The highest BCUT2D eigenvalue weighted by molar-refractivity contribution is 6.30. The van der Waals surface area contributed by atoms with Crippen LogP contribution in [0.4, 0.5) is 10.1 Å². The van der Waals surface area contributed by atoms with Crippen molar-refractivity contribution in [1.29, 1.82) is 0 Å². The van der Waals surface area contributed by atoms with Crippen molar-refractivity contribution < 1.29 is 9.18 Å². The fourth-order valence-electron chi connectivity index (χ4n) is 2.82. The number of carbonyl (C=O) groups excluding carboxylic acids is 1. The highest BCUT2D eigenvalue weighted by Gasteiger charge is 2.17. The second-order valence-corrected chi connectivity index (χ2v) is 6.69. The number of carbonyl (C=O) groups is 1. The molecule has 0 aromatic heterocycles. The molecule has 0 radical (unpaired) electrons. The summed E-state index contributed by atoms with van der Waals surface area (Å²) in [5.74, 6) is -0.303. The number of ketones is 1. The van der Waals surface area contributed by atoms with Crippen molar-refractivity contribution in [3.63, 3.8) is 0 Å². The molecule has 1 atom stereocenters. The van der Waals surface area contributed by atoms with Crippen molar-refractivity contribution in [2.24, 2.45) is 0 Å². The van der Waals surface area contributed by atoms with Gasteiger partial charge in [0.25, 0.3) is 0 Å². The predicted molar refractivity (Wildman–Crippen MR) is 104 cm³/mol. The molecule has 132 valence electrons. The van der Waals surface area contributed by atoms with Gasteiger partial charge in [0.15, 0.2) is 5.78 Å². The Kier molecular flexibility index (Phi) is 5.69. The van der Waals surface area contributed by atoms with Crippen LogP contribution in [-0.4, -0.2) is 5.78 Å². The van der Waals surface area contributed by atoms with Crippen molar-refractivity contribution >= 4 is 23.1 Å². The minimum Gasteiger partial charge on any atom is -0.378 e. The first-order valence-electron chi connectivity index (χ1n) is 8.39. The van der Waals surface area contributed by atoms with Gasteiger partial charge in [0.05, 0.1) is 6.04 Å². The zero-order chi connectivity index (χ0) is 18.5. The van der Waals surface area contributed by atoms with E-state index in [0.717, 1.165) is 16.8 Å². The van der Waals surface area contributed by atoms with Crippen LogP contribution >= 0.6 is 11.6 Å². The SMILES string of the molecule is Cc1cccc(N[C@H](CC(=O)c2ccc(Cl)cc2)c2ccc(F)cc2)c1. The Hall–Kier alpha value is -2.65. The van der Waals surface area contributed by atoms with Gasteiger partial charge in [-0.3, -0.25) is 4.79 Å². The van der Waals surface area contributed by atoms with Crippen LogP contribution in [0.3, 0.4) is 0 Å². The van der Waals surface area contributed by atoms with Crippen LogP contribution < -0.4 is 5.32 Å². The maximum Gasteiger partial charge on any atom is 0.165 e. The first kappa shape index (κ1) is 18.2. The van der Waals surface area contributed by atoms with Crippen LogP contribution in [0.5, 0.6) is 0 Å². The summed E-state index contributed by atoms with van der Waals surface area (Å²) < 4.78 is 13.3. The Morgan fingerprint density at radius 3 is 2.38 bits per heavy atom. The molecule has 0 aliphatic carbocycles. The van der Waals surface area contributed by atoms with Gasteiger partial charge in [-0.2, -0.15) is 0 Å². The number of aryl methyl sites for hydroxylation is 1. The van der Waals surface area contributed by atoms with Crippen molar-refractivity contribution in [2.75, 3.05) is 5.32 Å². The van der Waals surface area contributed by atoms with E-state index < -0.39 is 0 Å². The van der Waals surface area contributed by atoms with E-state index >= 15 is 0 Å². The van der Waals surface area contributed by atoms with E-state index in [1.807, 2.05) is 31.2 Å². The van der Waals surface area contributed by atoms with Gasteiger partial charge in [0.1, 0.15) is 5.82 Å². The van der Waals surface area contributed by atoms with E-state index in [1.54, 1.807) is 36.4 Å². The molecule has 3 aromatic rings. The van der Waals surface area contributed by atoms with E-state index in [2.05, 4.69) is 5.32 Å². The second kappa shape index (κ2) is 8.15. The molecule has 0 aliphatic heterocycles. The number of nitrogens with one attached hydrogen (secondary N) is 1. The Bertz CT molecular complexity index is 891. The molecule has 1 N–H and O–H groups in total. The minimum absolute atomic E-state index is 0.00357. The number of hydrogen-bond acceptors (Lipinski definition) is 2. The van der Waals surface area contributed by atoms with Gasteiger partial charge in [-0.15, -0.1) is 0 Å². The van der Waals surface area contributed by atoms with Crippen molar-refractivity contribution in [3.8, 4) is 0 Å². The molecule has 2 nitrogen and oxygen atoms in total. The van der Waals surface area contributed by atoms with E-state index in [9.17, 15) is 9.18 Å². The number of Topliss-reactive ketones (excluding diaryl/α,β-unsaturated/α-hetero) is 1. The lowest BCUT2D eigenvalue weighted by Crippen LogP contribution is -2.16. The predicted octanol–water partition coefficient (Wildman–Crippen LogP) is 6.21. The first-order chi connectivity index (χ1) is 12.5. The molecule has 0 unspecified atom stereocenters. The van der Waals surface area contributed by atoms with Crippen LogP contribution in [-0.2, 0) is 0 Å². The number of anilines is 1. The summed E-state index contributed by atoms with van der Waals surface area (Å²) in [6.45, 7) is 2.01. The summed E-state index contributed by atoms with van der Waals surface area (Å²) >= 11 is 5.90. The molecular formula is C22H19ClFNO. The smallest absolute Gasteiger partial charge is 0.165 e. The Labute approximate surface area is 157 Å². The van der Waals surface area contributed by atoms with Gasteiger partial charge in [0, 0.05) is 22.7 Å². The number of benzene rings is 3. The third kappa shape index (κ3) is 4.70. The Morgan fingerprint density at radius 2 is 1.73 bits per heavy atom. The molecule has 26 heavy (non-hydrogen) atoms. The standard InChI is InChI=1S/C22H19ClFNO/c1-15-3-2-4-20(13-15)25-21(16-7-11-19(24)12-8-16)14-22(26)17-5-9-18(23)10-6-17/h2-13,21,25H,14H2,1H3/t21-/m1/s1. The molecular weight excluding hydrogens is 349 g/mol. The summed E-state index contributed by atoms with van der Waals surface area (Å²) in [5, 5.41) is 3.99. The zero-order valence-electron chi connectivity index (χ0n) is 14.4. The van der Waals surface area contributed by atoms with Gasteiger partial charge in [-0.05, 0) is 66.6 Å². The fourth-order valence-corrected chi connectivity index (χ4v) is 2.95. The summed E-state index contributed by atoms with van der Waals surface area (Å²) in [5.41, 5.74) is 3.50. The summed E-state index contributed by atoms with van der Waals surface area (Å²) in [6, 6.07) is 20.8. The molecule has 0 amide bonds. The quantitative estimate of drug-likeness (QED) is 0.524. The third-order valence-corrected chi connectivity index (χ3v) is 4.44. The largest absolute Gasteiger partial charge is 0.378 e. The fraction of sp³-hybridized carbons (Fsp3) is 0.136. The monoisotopic (exact) mass is 367 g/mol. The van der Waals surface area contributed by atoms with Crippen molar-refractivity contribution in [3.05, 3.63) is 100 Å². The average molecular weight is 368 g/mol. The molecule has 4 heteroatoms. The van der Waals surface area contributed by atoms with Gasteiger partial charge in [-0.25, -0.2) is 4.39 Å². The van der Waals surface area contributed by atoms with Gasteiger partial charge < -0.3 is 5.32 Å². The molecule has 0 fully saturated rings. The summed E-state index contributed by atoms with van der Waals surface area (Å²) in [4.78, 5) is 12.7. The van der Waals surface area contributed by atoms with E-state index in [-0.39, 0.29) is 24.1 Å². The molecule has 3 aromatic carbocycles. The first-order valence-corrected chi connectivity index (χ1v) is 8.76. The normalized spacial score (nSPS) is 11.8. The molecule has 0 spiro atoms. The average Bonchev–Trinajstić information content (AvgIpc) is 2.62. The third-order valence-electron chi connectivity index (χ3n) is 4.19. The molecule has 0 aliphatic rings. The van der Waals surface area contributed by atoms with Crippen molar-refractivity contribution in [2.45, 2.75) is 19.4 Å². The van der Waals surface area contributed by atoms with E-state index in [4.69, 9.17) is 11.6 Å². The topological polar surface area (TPSA) is 29.1 Å². The zero-order valence-corrected chi connectivity index (χ0v) is 15.1. The number of rotatable bonds is 6. The van der Waals surface area contributed by atoms with E-state index in [1.165, 1.54) is 12.1 Å². The molecule has 0 saturated carbocycles. The van der Waals surface area contributed by atoms with Gasteiger partial charge in [-0.1, -0.05) is 35.9 Å². The van der Waals surface area contributed by atoms with Crippen LogP contribution in [0.2, 0.25) is 5.02 Å². The lowest BCUT2D eigenvalue weighted by atomic mass is 9.97. The maximum atomic E-state index is 13.3. The Morgan fingerprint density at radius 1 is 1.04 bits per heavy atom. The highest BCUT2D eigenvalue weighted by Crippen LogP contribution is 2.25. The number of hydrogen-bond donors (Lipinski definition) is 1. The molecule has 3 rings (SSSR count). The van der Waals surface area contributed by atoms with E-state index in [0.29, 0.717) is 10.6 Å². The highest BCUT2D eigenvalue weighted by atomic mass is 35.5. The molecule has 0 saturated heterocycles. The molecule has 0 bridgehead atoms. The summed E-state index contributed by atoms with van der Waals surface area (Å²) in [6.07, 6.45) is 0.251. The van der Waals surface area contributed by atoms with Crippen molar-refractivity contribution in [1.82, 2.24) is 0 Å². The minimum atomic E-state index is -0.299. The summed E-state index contributed by atoms with van der Waals surface area (Å²) in [7, 11) is 0. The van der Waals surface area contributed by atoms with Crippen LogP contribution in [0.15, 0.2) is 72.8 Å². The maximum absolute atomic E-state index is 13.3. The van der Waals surface area contributed by atoms with Crippen LogP contribution in [0.1, 0.15) is 33.9 Å². The second-order valence-electron chi connectivity index (χ2n) is 6.25. The van der Waals surface area contributed by atoms with Crippen LogP contribution in [0, 0.1) is 12.7 Å². The lowest BCUT2D eigenvalue weighted by Gasteiger charge is -2.20. The van der Waals surface area contributed by atoms with Gasteiger partial charge >= 0.3 is 0 Å². The lowest BCUT2D eigenvalue weighted by molar-refractivity contribution is 0.0976. The Balaban J connectivity index is 1.85. The van der Waals surface area contributed by atoms with Gasteiger partial charge in [0.2, 0.25) is 0 Å². The van der Waals surface area contributed by atoms with Crippen LogP contribution in [0.25, 0.3) is 0 Å².